The van der Waals surface area contributed by atoms with Gasteiger partial charge in [-0.1, -0.05) is 60.2 Å². The van der Waals surface area contributed by atoms with Gasteiger partial charge in [-0.2, -0.15) is 0 Å². The van der Waals surface area contributed by atoms with Gasteiger partial charge in [-0.15, -0.1) is 11.3 Å². The van der Waals surface area contributed by atoms with Crippen LogP contribution in [0.4, 0.5) is 5.69 Å². The second-order valence-corrected chi connectivity index (χ2v) is 8.17. The quantitative estimate of drug-likeness (QED) is 0.217. The van der Waals surface area contributed by atoms with Gasteiger partial charge in [0.2, 0.25) is 0 Å². The predicted octanol–water partition coefficient (Wildman–Crippen LogP) is 7.57. The Bertz CT molecular complexity index is 961. The summed E-state index contributed by atoms with van der Waals surface area (Å²) in [6.45, 7) is 4.23. The van der Waals surface area contributed by atoms with E-state index >= 15 is 0 Å². The molecule has 1 aliphatic rings. The Morgan fingerprint density at radius 1 is 0.968 bits per heavy atom. The van der Waals surface area contributed by atoms with Gasteiger partial charge in [0.05, 0.1) is 12.2 Å². The van der Waals surface area contributed by atoms with Gasteiger partial charge in [-0.05, 0) is 56.4 Å². The minimum absolute atomic E-state index is 0.250. The summed E-state index contributed by atoms with van der Waals surface area (Å²) in [6.07, 6.45) is 10.4. The third-order valence-corrected chi connectivity index (χ3v) is 5.74. The Balaban J connectivity index is 0.000000258. The van der Waals surface area contributed by atoms with Gasteiger partial charge >= 0.3 is 0 Å². The van der Waals surface area contributed by atoms with Crippen molar-refractivity contribution >= 4 is 29.3 Å². The molecule has 2 aromatic carbocycles. The Morgan fingerprint density at radius 2 is 1.55 bits per heavy atom. The molecule has 0 fully saturated rings. The highest BCUT2D eigenvalue weighted by atomic mass is 32.2. The first-order valence-corrected chi connectivity index (χ1v) is 11.9. The fourth-order valence-electron chi connectivity index (χ4n) is 3.02. The van der Waals surface area contributed by atoms with Crippen molar-refractivity contribution in [2.75, 3.05) is 12.4 Å². The van der Waals surface area contributed by atoms with Gasteiger partial charge in [0.15, 0.2) is 0 Å². The number of hydrogen-bond donors (Lipinski definition) is 3. The number of aryl methyl sites for hydroxylation is 1. The Morgan fingerprint density at radius 3 is 2.10 bits per heavy atom. The highest BCUT2D eigenvalue weighted by Gasteiger charge is 2.03. The van der Waals surface area contributed by atoms with Crippen molar-refractivity contribution in [3.05, 3.63) is 83.4 Å². The van der Waals surface area contributed by atoms with E-state index in [0.29, 0.717) is 0 Å². The number of nitrogens with two attached hydrogens (primary N) is 1. The molecule has 4 rings (SSSR count). The third-order valence-electron chi connectivity index (χ3n) is 4.73. The van der Waals surface area contributed by atoms with Crippen molar-refractivity contribution in [2.24, 2.45) is 5.14 Å². The zero-order chi connectivity index (χ0) is 22.5. The molecule has 0 aliphatic heterocycles. The molecule has 1 aliphatic carbocycles. The maximum Gasteiger partial charge on any atom is 0.123 e. The monoisotopic (exact) mass is 453 g/mol. The lowest BCUT2D eigenvalue weighted by atomic mass is 10.0. The molecule has 3 aromatic rings. The molecule has 1 heterocycles. The van der Waals surface area contributed by atoms with E-state index in [1.54, 1.807) is 11.3 Å². The van der Waals surface area contributed by atoms with E-state index in [9.17, 15) is 0 Å². The molecule has 0 amide bonds. The largest absolute Gasteiger partial charge is 0.388 e. The smallest absolute Gasteiger partial charge is 0.123 e. The molecular weight excluding hydrogens is 422 g/mol. The summed E-state index contributed by atoms with van der Waals surface area (Å²) in [6, 6.07) is 17.0. The zero-order valence-electron chi connectivity index (χ0n) is 18.3. The Hall–Kier alpha value is -2.38. The van der Waals surface area contributed by atoms with Crippen LogP contribution in [0, 0.1) is 6.92 Å². The number of aromatic nitrogens is 1. The molecule has 1 aromatic heterocycles. The summed E-state index contributed by atoms with van der Waals surface area (Å²) >= 11 is 1.94. The summed E-state index contributed by atoms with van der Waals surface area (Å²) in [4.78, 5) is 4.52. The van der Waals surface area contributed by atoms with Crippen LogP contribution in [0.1, 0.15) is 31.9 Å². The first-order chi connectivity index (χ1) is 15.1. The highest BCUT2D eigenvalue weighted by molar-refractivity contribution is 7.91. The van der Waals surface area contributed by atoms with E-state index in [2.05, 4.69) is 94.5 Å². The fourth-order valence-corrected chi connectivity index (χ4v) is 3.82. The summed E-state index contributed by atoms with van der Waals surface area (Å²) in [5, 5.41) is 10.6. The molecule has 0 saturated carbocycles. The molecule has 0 unspecified atom stereocenters. The van der Waals surface area contributed by atoms with Crippen LogP contribution in [-0.2, 0) is 0 Å². The number of benzene rings is 2. The predicted molar refractivity (Wildman–Crippen MR) is 138 cm³/mol. The van der Waals surface area contributed by atoms with Gasteiger partial charge in [0.1, 0.15) is 5.01 Å². The van der Waals surface area contributed by atoms with Crippen molar-refractivity contribution < 1.29 is 4.55 Å². The van der Waals surface area contributed by atoms with Crippen LogP contribution in [-0.4, -0.2) is 16.6 Å². The van der Waals surface area contributed by atoms with Gasteiger partial charge in [-0.25, -0.2) is 4.98 Å². The van der Waals surface area contributed by atoms with Crippen LogP contribution >= 0.6 is 23.6 Å². The normalized spacial score (nSPS) is 12.5. The lowest BCUT2D eigenvalue weighted by Crippen LogP contribution is -1.87. The minimum atomic E-state index is 0.250. The van der Waals surface area contributed by atoms with Crippen LogP contribution in [0.5, 0.6) is 0 Å². The number of rotatable bonds is 3. The van der Waals surface area contributed by atoms with Crippen LogP contribution in [0.2, 0.25) is 0 Å². The van der Waals surface area contributed by atoms with Gasteiger partial charge in [-0.3, -0.25) is 5.14 Å². The fraction of sp³-hybridized carbons (Fsp3) is 0.240. The molecular formula is C25H31N3OS2. The first-order valence-electron chi connectivity index (χ1n) is 10.2. The average molecular weight is 454 g/mol. The highest BCUT2D eigenvalue weighted by Crippen LogP contribution is 2.27. The summed E-state index contributed by atoms with van der Waals surface area (Å²) in [5.41, 5.74) is 7.38. The molecule has 6 heteroatoms. The number of anilines is 1. The van der Waals surface area contributed by atoms with Crippen molar-refractivity contribution in [3.8, 4) is 21.7 Å². The van der Waals surface area contributed by atoms with Crippen LogP contribution < -0.4 is 10.5 Å². The second-order valence-electron chi connectivity index (χ2n) is 7.10. The number of nitrogens with one attached hydrogen (secondary N) is 1. The van der Waals surface area contributed by atoms with E-state index in [0.717, 1.165) is 22.8 Å². The average Bonchev–Trinajstić information content (AvgIpc) is 3.09. The molecule has 4 nitrogen and oxygen atoms in total. The summed E-state index contributed by atoms with van der Waals surface area (Å²) in [7, 11) is 1.93. The van der Waals surface area contributed by atoms with Gasteiger partial charge in [0.25, 0.3) is 0 Å². The molecule has 4 N–H and O–H groups in total. The molecule has 164 valence electrons. The number of hydrogen-bond acceptors (Lipinski definition) is 6. The number of thiazole rings is 1. The molecule has 0 saturated heterocycles. The zero-order valence-corrected chi connectivity index (χ0v) is 20.0. The number of allylic oxidation sites excluding steroid dienone is 4. The van der Waals surface area contributed by atoms with Crippen LogP contribution in [0.15, 0.2) is 77.7 Å². The van der Waals surface area contributed by atoms with E-state index in [4.69, 9.17) is 4.55 Å². The van der Waals surface area contributed by atoms with E-state index in [-0.39, 0.29) is 12.2 Å². The molecule has 0 spiro atoms. The number of nitrogens with zero attached hydrogens (tertiary/aromatic N) is 1. The maximum atomic E-state index is 7.26. The second kappa shape index (κ2) is 13.8. The topological polar surface area (TPSA) is 71.2 Å². The first kappa shape index (κ1) is 24.9. The summed E-state index contributed by atoms with van der Waals surface area (Å²) < 4.78 is 7.26. The molecule has 0 atom stereocenters. The van der Waals surface area contributed by atoms with Crippen molar-refractivity contribution in [1.82, 2.24) is 4.98 Å². The van der Waals surface area contributed by atoms with Crippen molar-refractivity contribution in [2.45, 2.75) is 33.1 Å². The minimum Gasteiger partial charge on any atom is -0.388 e. The molecule has 31 heavy (non-hydrogen) atoms. The Kier molecular flexibility index (Phi) is 11.1. The van der Waals surface area contributed by atoms with Gasteiger partial charge < -0.3 is 9.87 Å². The van der Waals surface area contributed by atoms with E-state index in [1.807, 2.05) is 14.0 Å². The standard InChI is InChI=1S/C17H16N2S.C8H12.H3NOS/c1-12-11-20-17(19-12)15-5-3-13(4-6-15)14-7-9-16(18-2)10-8-14;1-8-6-4-2-3-5-7-8;1-3-2/h3-11,18H,1-2H3;2-3,6H,4-5,7H2,1H3;2H,1H2. The third kappa shape index (κ3) is 8.71. The van der Waals surface area contributed by atoms with Crippen LogP contribution in [0.25, 0.3) is 21.7 Å². The SMILES string of the molecule is CC1=CCC=CCC1.CNc1ccc(-c2ccc(-c3nc(C)cs3)cc2)cc1.NSO. The van der Waals surface area contributed by atoms with E-state index in [1.165, 1.54) is 35.1 Å². The molecule has 0 bridgehead atoms. The van der Waals surface area contributed by atoms with Crippen molar-refractivity contribution in [1.29, 1.82) is 0 Å². The van der Waals surface area contributed by atoms with Gasteiger partial charge in [0, 0.05) is 29.4 Å². The van der Waals surface area contributed by atoms with Crippen molar-refractivity contribution in [3.63, 3.8) is 0 Å². The lowest BCUT2D eigenvalue weighted by molar-refractivity contribution is 0.665. The van der Waals surface area contributed by atoms with E-state index < -0.39 is 0 Å². The maximum absolute atomic E-state index is 7.26. The Labute approximate surface area is 194 Å². The summed E-state index contributed by atoms with van der Waals surface area (Å²) in [5.74, 6) is 0. The van der Waals surface area contributed by atoms with Crippen LogP contribution in [0.3, 0.4) is 0 Å². The molecule has 0 radical (unpaired) electrons. The lowest BCUT2D eigenvalue weighted by Gasteiger charge is -2.05.